The van der Waals surface area contributed by atoms with Gasteiger partial charge in [-0.25, -0.2) is 0 Å². The summed E-state index contributed by atoms with van der Waals surface area (Å²) >= 11 is 0. The summed E-state index contributed by atoms with van der Waals surface area (Å²) in [6, 6.07) is 3.62. The molecule has 0 unspecified atom stereocenters. The summed E-state index contributed by atoms with van der Waals surface area (Å²) in [4.78, 5) is 11.1. The number of nitrogen functional groups attached to an aromatic ring is 1. The number of benzene rings is 1. The number of hydrogen-bond donors (Lipinski definition) is 2. The molecule has 0 spiro atoms. The van der Waals surface area contributed by atoms with Crippen molar-refractivity contribution in [1.29, 1.82) is 0 Å². The molecule has 1 aromatic carbocycles. The highest BCUT2D eigenvalue weighted by molar-refractivity contribution is 5.97. The SMILES string of the molecule is COc1cc(N)c2c(c1)CCC(=O)N2. The quantitative estimate of drug-likeness (QED) is 0.656. The molecule has 4 heteroatoms. The average molecular weight is 192 g/mol. The first-order chi connectivity index (χ1) is 6.70. The van der Waals surface area contributed by atoms with Crippen LogP contribution < -0.4 is 15.8 Å². The molecule has 1 aliphatic rings. The largest absolute Gasteiger partial charge is 0.497 e. The van der Waals surface area contributed by atoms with Crippen molar-refractivity contribution in [3.63, 3.8) is 0 Å². The fourth-order valence-electron chi connectivity index (χ4n) is 1.61. The molecule has 0 aromatic heterocycles. The highest BCUT2D eigenvalue weighted by atomic mass is 16.5. The number of ether oxygens (including phenoxy) is 1. The van der Waals surface area contributed by atoms with Crippen LogP contribution in [0.5, 0.6) is 5.75 Å². The van der Waals surface area contributed by atoms with Crippen LogP contribution >= 0.6 is 0 Å². The highest BCUT2D eigenvalue weighted by Gasteiger charge is 2.17. The van der Waals surface area contributed by atoms with Gasteiger partial charge in [-0.05, 0) is 18.1 Å². The molecule has 1 aliphatic heterocycles. The Kier molecular flexibility index (Phi) is 2.04. The summed E-state index contributed by atoms with van der Waals surface area (Å²) in [5.74, 6) is 0.756. The second-order valence-corrected chi connectivity index (χ2v) is 3.30. The smallest absolute Gasteiger partial charge is 0.224 e. The zero-order valence-corrected chi connectivity index (χ0v) is 7.96. The van der Waals surface area contributed by atoms with Gasteiger partial charge in [-0.3, -0.25) is 4.79 Å². The van der Waals surface area contributed by atoms with Crippen molar-refractivity contribution in [3.8, 4) is 5.75 Å². The lowest BCUT2D eigenvalue weighted by Crippen LogP contribution is -2.20. The number of anilines is 2. The van der Waals surface area contributed by atoms with E-state index >= 15 is 0 Å². The number of methoxy groups -OCH3 is 1. The molecular formula is C10H12N2O2. The lowest BCUT2D eigenvalue weighted by Gasteiger charge is -2.19. The first-order valence-electron chi connectivity index (χ1n) is 4.47. The normalized spacial score (nSPS) is 14.5. The Morgan fingerprint density at radius 3 is 2.93 bits per heavy atom. The van der Waals surface area contributed by atoms with Gasteiger partial charge in [0.1, 0.15) is 5.75 Å². The van der Waals surface area contributed by atoms with Crippen molar-refractivity contribution >= 4 is 17.3 Å². The van der Waals surface area contributed by atoms with Crippen LogP contribution in [0.1, 0.15) is 12.0 Å². The molecule has 14 heavy (non-hydrogen) atoms. The molecule has 0 bridgehead atoms. The fraction of sp³-hybridized carbons (Fsp3) is 0.300. The van der Waals surface area contributed by atoms with E-state index in [4.69, 9.17) is 10.5 Å². The number of amides is 1. The summed E-state index contributed by atoms with van der Waals surface area (Å²) < 4.78 is 5.10. The van der Waals surface area contributed by atoms with Gasteiger partial charge in [0.25, 0.3) is 0 Å². The van der Waals surface area contributed by atoms with Crippen molar-refractivity contribution < 1.29 is 9.53 Å². The van der Waals surface area contributed by atoms with Crippen LogP contribution in [0, 0.1) is 0 Å². The van der Waals surface area contributed by atoms with E-state index in [1.165, 1.54) is 0 Å². The first-order valence-corrected chi connectivity index (χ1v) is 4.47. The van der Waals surface area contributed by atoms with E-state index < -0.39 is 0 Å². The number of nitrogens with one attached hydrogen (secondary N) is 1. The Morgan fingerprint density at radius 2 is 2.21 bits per heavy atom. The van der Waals surface area contributed by atoms with Gasteiger partial charge < -0.3 is 15.8 Å². The van der Waals surface area contributed by atoms with Gasteiger partial charge in [-0.2, -0.15) is 0 Å². The van der Waals surface area contributed by atoms with Gasteiger partial charge in [0.15, 0.2) is 0 Å². The molecule has 0 atom stereocenters. The summed E-state index contributed by atoms with van der Waals surface area (Å²) in [6.07, 6.45) is 1.24. The molecule has 2 rings (SSSR count). The number of nitrogens with two attached hydrogens (primary N) is 1. The summed E-state index contributed by atoms with van der Waals surface area (Å²) in [5.41, 5.74) is 8.13. The van der Waals surface area contributed by atoms with Crippen molar-refractivity contribution in [2.24, 2.45) is 0 Å². The van der Waals surface area contributed by atoms with E-state index in [-0.39, 0.29) is 5.91 Å². The van der Waals surface area contributed by atoms with Gasteiger partial charge in [0.05, 0.1) is 18.5 Å². The van der Waals surface area contributed by atoms with E-state index in [1.54, 1.807) is 13.2 Å². The van der Waals surface area contributed by atoms with Crippen LogP contribution in [0.2, 0.25) is 0 Å². The van der Waals surface area contributed by atoms with Crippen LogP contribution in [-0.2, 0) is 11.2 Å². The maximum atomic E-state index is 11.1. The van der Waals surface area contributed by atoms with Crippen LogP contribution in [-0.4, -0.2) is 13.0 Å². The van der Waals surface area contributed by atoms with Crippen LogP contribution in [0.3, 0.4) is 0 Å². The number of hydrogen-bond acceptors (Lipinski definition) is 3. The first kappa shape index (κ1) is 8.87. The highest BCUT2D eigenvalue weighted by Crippen LogP contribution is 2.32. The Bertz CT molecular complexity index is 388. The predicted molar refractivity (Wildman–Crippen MR) is 54.4 cm³/mol. The van der Waals surface area contributed by atoms with Crippen LogP contribution in [0.25, 0.3) is 0 Å². The standard InChI is InChI=1S/C10H12N2O2/c1-14-7-4-6-2-3-9(13)12-10(6)8(11)5-7/h4-5H,2-3,11H2,1H3,(H,12,13). The number of carbonyl (C=O) groups is 1. The Hall–Kier alpha value is -1.71. The Morgan fingerprint density at radius 1 is 1.43 bits per heavy atom. The third kappa shape index (κ3) is 1.39. The van der Waals surface area contributed by atoms with Crippen LogP contribution in [0.15, 0.2) is 12.1 Å². The molecule has 0 saturated heterocycles. The van der Waals surface area contributed by atoms with Gasteiger partial charge in [0.2, 0.25) is 5.91 Å². The molecule has 1 aromatic rings. The predicted octanol–water partition coefficient (Wildman–Crippen LogP) is 1.16. The van der Waals surface area contributed by atoms with Crippen molar-refractivity contribution in [2.45, 2.75) is 12.8 Å². The molecule has 0 fully saturated rings. The van der Waals surface area contributed by atoms with Gasteiger partial charge in [-0.1, -0.05) is 0 Å². The average Bonchev–Trinajstić information content (AvgIpc) is 2.19. The Labute approximate surface area is 82.1 Å². The lowest BCUT2D eigenvalue weighted by molar-refractivity contribution is -0.116. The number of fused-ring (bicyclic) bond motifs is 1. The number of carbonyl (C=O) groups excluding carboxylic acids is 1. The maximum absolute atomic E-state index is 11.1. The monoisotopic (exact) mass is 192 g/mol. The lowest BCUT2D eigenvalue weighted by atomic mass is 10.0. The minimum absolute atomic E-state index is 0.0226. The summed E-state index contributed by atoms with van der Waals surface area (Å²) in [5, 5.41) is 2.76. The minimum atomic E-state index is 0.0226. The van der Waals surface area contributed by atoms with E-state index in [9.17, 15) is 4.79 Å². The van der Waals surface area contributed by atoms with Crippen molar-refractivity contribution in [1.82, 2.24) is 0 Å². The van der Waals surface area contributed by atoms with E-state index in [2.05, 4.69) is 5.32 Å². The molecule has 0 saturated carbocycles. The van der Waals surface area contributed by atoms with E-state index in [0.29, 0.717) is 12.1 Å². The molecule has 0 radical (unpaired) electrons. The number of aryl methyl sites for hydroxylation is 1. The zero-order chi connectivity index (χ0) is 10.1. The Balaban J connectivity index is 2.48. The number of rotatable bonds is 1. The van der Waals surface area contributed by atoms with E-state index in [1.807, 2.05) is 6.07 Å². The van der Waals surface area contributed by atoms with Gasteiger partial charge in [-0.15, -0.1) is 0 Å². The van der Waals surface area contributed by atoms with Crippen molar-refractivity contribution in [3.05, 3.63) is 17.7 Å². The molecule has 1 heterocycles. The summed E-state index contributed by atoms with van der Waals surface area (Å²) in [7, 11) is 1.60. The van der Waals surface area contributed by atoms with Crippen LogP contribution in [0.4, 0.5) is 11.4 Å². The molecule has 4 nitrogen and oxygen atoms in total. The minimum Gasteiger partial charge on any atom is -0.497 e. The second-order valence-electron chi connectivity index (χ2n) is 3.30. The molecular weight excluding hydrogens is 180 g/mol. The maximum Gasteiger partial charge on any atom is 0.224 e. The summed E-state index contributed by atoms with van der Waals surface area (Å²) in [6.45, 7) is 0. The van der Waals surface area contributed by atoms with Crippen molar-refractivity contribution in [2.75, 3.05) is 18.2 Å². The molecule has 0 aliphatic carbocycles. The molecule has 3 N–H and O–H groups in total. The zero-order valence-electron chi connectivity index (χ0n) is 7.96. The fourth-order valence-corrected chi connectivity index (χ4v) is 1.61. The third-order valence-electron chi connectivity index (χ3n) is 2.35. The third-order valence-corrected chi connectivity index (χ3v) is 2.35. The molecule has 74 valence electrons. The van der Waals surface area contributed by atoms with Gasteiger partial charge >= 0.3 is 0 Å². The van der Waals surface area contributed by atoms with Gasteiger partial charge in [0, 0.05) is 12.5 Å². The van der Waals surface area contributed by atoms with E-state index in [0.717, 1.165) is 23.4 Å². The molecule has 1 amide bonds. The second kappa shape index (κ2) is 3.21. The topological polar surface area (TPSA) is 64.3 Å².